The van der Waals surface area contributed by atoms with E-state index in [0.29, 0.717) is 11.4 Å². The van der Waals surface area contributed by atoms with Crippen LogP contribution in [-0.4, -0.2) is 17.8 Å². The van der Waals surface area contributed by atoms with Crippen molar-refractivity contribution < 1.29 is 4.79 Å². The Morgan fingerprint density at radius 2 is 2.18 bits per heavy atom. The zero-order valence-corrected chi connectivity index (χ0v) is 13.4. The van der Waals surface area contributed by atoms with Crippen LogP contribution in [0.3, 0.4) is 0 Å². The van der Waals surface area contributed by atoms with Crippen LogP contribution in [0, 0.1) is 5.41 Å². The molecule has 0 bridgehead atoms. The molecule has 96 valence electrons. The minimum absolute atomic E-state index is 0.0256. The van der Waals surface area contributed by atoms with Gasteiger partial charge >= 0.3 is 0 Å². The Labute approximate surface area is 120 Å². The topological polar surface area (TPSA) is 29.1 Å². The number of thiophene rings is 1. The molecule has 2 nitrogen and oxygen atoms in total. The summed E-state index contributed by atoms with van der Waals surface area (Å²) in [6.07, 6.45) is 0.878. The molecule has 5 heteroatoms. The lowest BCUT2D eigenvalue weighted by atomic mass is 9.90. The molecule has 1 N–H and O–H groups in total. The molecule has 0 aliphatic heterocycles. The van der Waals surface area contributed by atoms with Gasteiger partial charge in [0.05, 0.1) is 14.0 Å². The molecule has 1 aromatic heterocycles. The van der Waals surface area contributed by atoms with Crippen LogP contribution in [0.2, 0.25) is 0 Å². The molecule has 0 spiro atoms. The molecule has 1 aromatic rings. The van der Waals surface area contributed by atoms with Crippen molar-refractivity contribution in [3.63, 3.8) is 0 Å². The van der Waals surface area contributed by atoms with E-state index in [-0.39, 0.29) is 16.7 Å². The highest BCUT2D eigenvalue weighted by molar-refractivity contribution is 9.11. The number of carbonyl (C=O) groups excluding carboxylic acids is 1. The van der Waals surface area contributed by atoms with Gasteiger partial charge in [0.25, 0.3) is 5.91 Å². The first kappa shape index (κ1) is 15.0. The van der Waals surface area contributed by atoms with Gasteiger partial charge in [0.2, 0.25) is 0 Å². The quantitative estimate of drug-likeness (QED) is 0.816. The van der Waals surface area contributed by atoms with Crippen molar-refractivity contribution in [1.82, 2.24) is 5.32 Å². The summed E-state index contributed by atoms with van der Waals surface area (Å²) >= 11 is 10.9. The molecule has 1 unspecified atom stereocenters. The van der Waals surface area contributed by atoms with Gasteiger partial charge in [-0.3, -0.25) is 4.79 Å². The van der Waals surface area contributed by atoms with Crippen LogP contribution in [0.4, 0.5) is 0 Å². The van der Waals surface area contributed by atoms with Crippen LogP contribution in [0.5, 0.6) is 0 Å². The highest BCUT2D eigenvalue weighted by Gasteiger charge is 2.18. The van der Waals surface area contributed by atoms with Gasteiger partial charge in [-0.1, -0.05) is 20.8 Å². The lowest BCUT2D eigenvalue weighted by Gasteiger charge is -2.21. The summed E-state index contributed by atoms with van der Waals surface area (Å²) < 4.78 is 0.958. The fraction of sp³-hybridized carbons (Fsp3) is 0.583. The van der Waals surface area contributed by atoms with Crippen LogP contribution < -0.4 is 5.32 Å². The minimum Gasteiger partial charge on any atom is -0.350 e. The maximum atomic E-state index is 11.7. The van der Waals surface area contributed by atoms with Crippen LogP contribution in [0.25, 0.3) is 0 Å². The second-order valence-electron chi connectivity index (χ2n) is 5.18. The summed E-state index contributed by atoms with van der Waals surface area (Å²) in [4.78, 5) is 12.5. The van der Waals surface area contributed by atoms with E-state index >= 15 is 0 Å². The van der Waals surface area contributed by atoms with Crippen LogP contribution in [0.15, 0.2) is 15.9 Å². The summed E-state index contributed by atoms with van der Waals surface area (Å²) in [5.41, 5.74) is 0.184. The third-order valence-electron chi connectivity index (χ3n) is 2.11. The van der Waals surface area contributed by atoms with Crippen molar-refractivity contribution in [2.24, 2.45) is 5.41 Å². The van der Waals surface area contributed by atoms with E-state index < -0.39 is 0 Å². The first-order chi connectivity index (χ1) is 7.78. The second-order valence-corrected chi connectivity index (χ2v) is 8.26. The van der Waals surface area contributed by atoms with Crippen molar-refractivity contribution in [3.05, 3.63) is 20.8 Å². The molecular formula is C12H17BrClNOS. The number of hydrogen-bond acceptors (Lipinski definition) is 2. The number of halogens is 2. The molecule has 1 heterocycles. The Morgan fingerprint density at radius 3 is 2.65 bits per heavy atom. The molecule has 0 saturated carbocycles. The molecule has 0 aliphatic carbocycles. The fourth-order valence-corrected chi connectivity index (χ4v) is 3.31. The van der Waals surface area contributed by atoms with E-state index in [2.05, 4.69) is 42.0 Å². The Morgan fingerprint density at radius 1 is 1.53 bits per heavy atom. The Kier molecular flexibility index (Phi) is 5.48. The zero-order chi connectivity index (χ0) is 13.1. The molecule has 1 atom stereocenters. The number of rotatable bonds is 4. The number of alkyl halides is 1. The van der Waals surface area contributed by atoms with Crippen LogP contribution >= 0.6 is 38.9 Å². The third-order valence-corrected chi connectivity index (χ3v) is 4.05. The van der Waals surface area contributed by atoms with E-state index in [0.717, 1.165) is 10.2 Å². The summed E-state index contributed by atoms with van der Waals surface area (Å²) in [6.45, 7) is 6.93. The highest BCUT2D eigenvalue weighted by atomic mass is 79.9. The van der Waals surface area contributed by atoms with Gasteiger partial charge in [-0.25, -0.2) is 0 Å². The number of hydrogen-bond donors (Lipinski definition) is 1. The SMILES string of the molecule is CC(C)(C)CC(Cl)CNC(=O)c1ccc(Br)s1. The van der Waals surface area contributed by atoms with E-state index in [4.69, 9.17) is 11.6 Å². The van der Waals surface area contributed by atoms with Gasteiger partial charge in [0.1, 0.15) is 0 Å². The number of nitrogens with one attached hydrogen (secondary N) is 1. The van der Waals surface area contributed by atoms with E-state index in [9.17, 15) is 4.79 Å². The smallest absolute Gasteiger partial charge is 0.261 e. The third kappa shape index (κ3) is 5.89. The van der Waals surface area contributed by atoms with Crippen molar-refractivity contribution in [2.75, 3.05) is 6.54 Å². The monoisotopic (exact) mass is 337 g/mol. The van der Waals surface area contributed by atoms with Crippen LogP contribution in [-0.2, 0) is 0 Å². The first-order valence-electron chi connectivity index (χ1n) is 5.45. The van der Waals surface area contributed by atoms with E-state index in [1.54, 1.807) is 6.07 Å². The summed E-state index contributed by atoms with van der Waals surface area (Å²) in [6, 6.07) is 3.67. The summed E-state index contributed by atoms with van der Waals surface area (Å²) in [5, 5.41) is 2.83. The van der Waals surface area contributed by atoms with Gasteiger partial charge in [-0.05, 0) is 39.9 Å². The maximum absolute atomic E-state index is 11.7. The Hall–Kier alpha value is -0.0600. The van der Waals surface area contributed by atoms with Gasteiger partial charge in [-0.2, -0.15) is 0 Å². The zero-order valence-electron chi connectivity index (χ0n) is 10.2. The second kappa shape index (κ2) is 6.21. The lowest BCUT2D eigenvalue weighted by Crippen LogP contribution is -2.31. The fourth-order valence-electron chi connectivity index (χ4n) is 1.46. The normalized spacial score (nSPS) is 13.5. The molecule has 1 amide bonds. The summed E-state index contributed by atoms with van der Waals surface area (Å²) in [7, 11) is 0. The Bertz CT molecular complexity index is 386. The molecular weight excluding hydrogens is 322 g/mol. The molecule has 0 fully saturated rings. The van der Waals surface area contributed by atoms with E-state index in [1.807, 2.05) is 6.07 Å². The van der Waals surface area contributed by atoms with Gasteiger partial charge in [0, 0.05) is 6.54 Å². The molecule has 0 aliphatic rings. The van der Waals surface area contributed by atoms with Gasteiger partial charge in [0.15, 0.2) is 0 Å². The number of amides is 1. The largest absolute Gasteiger partial charge is 0.350 e. The van der Waals surface area contributed by atoms with Gasteiger partial charge < -0.3 is 5.32 Å². The molecule has 17 heavy (non-hydrogen) atoms. The Balaban J connectivity index is 2.38. The maximum Gasteiger partial charge on any atom is 0.261 e. The average molecular weight is 339 g/mol. The van der Waals surface area contributed by atoms with Crippen molar-refractivity contribution in [3.8, 4) is 0 Å². The van der Waals surface area contributed by atoms with Crippen molar-refractivity contribution in [2.45, 2.75) is 32.6 Å². The number of carbonyl (C=O) groups is 1. The van der Waals surface area contributed by atoms with Crippen LogP contribution in [0.1, 0.15) is 36.9 Å². The minimum atomic E-state index is -0.0553. The van der Waals surface area contributed by atoms with Gasteiger partial charge in [-0.15, -0.1) is 22.9 Å². The standard InChI is InChI=1S/C12H17BrClNOS/c1-12(2,3)6-8(14)7-15-11(16)9-4-5-10(13)17-9/h4-5,8H,6-7H2,1-3H3,(H,15,16). The first-order valence-corrected chi connectivity index (χ1v) is 7.50. The molecule has 0 aromatic carbocycles. The highest BCUT2D eigenvalue weighted by Crippen LogP contribution is 2.24. The predicted octanol–water partition coefficient (Wildman–Crippen LogP) is 4.28. The molecule has 0 saturated heterocycles. The average Bonchev–Trinajstić information content (AvgIpc) is 2.58. The van der Waals surface area contributed by atoms with Crippen molar-refractivity contribution in [1.29, 1.82) is 0 Å². The molecule has 1 rings (SSSR count). The lowest BCUT2D eigenvalue weighted by molar-refractivity contribution is 0.0956. The molecule has 0 radical (unpaired) electrons. The van der Waals surface area contributed by atoms with E-state index in [1.165, 1.54) is 11.3 Å². The predicted molar refractivity (Wildman–Crippen MR) is 78.1 cm³/mol. The summed E-state index contributed by atoms with van der Waals surface area (Å²) in [5.74, 6) is -0.0553. The van der Waals surface area contributed by atoms with Crippen molar-refractivity contribution >= 4 is 44.8 Å².